The Balaban J connectivity index is 1.31. The fourth-order valence-corrected chi connectivity index (χ4v) is 5.16. The maximum Gasteiger partial charge on any atom is 0.330 e. The molecule has 1 aromatic rings. The summed E-state index contributed by atoms with van der Waals surface area (Å²) in [6.07, 6.45) is 10.7. The van der Waals surface area contributed by atoms with Gasteiger partial charge in [0.25, 0.3) is 0 Å². The number of rotatable bonds is 4. The molecule has 1 N–H and O–H groups in total. The fraction of sp³-hybridized carbons (Fsp3) is 0.550. The highest BCUT2D eigenvalue weighted by atomic mass is 16.5. The lowest BCUT2D eigenvalue weighted by Gasteiger charge is -2.53. The number of aromatic hydroxyl groups is 1. The van der Waals surface area contributed by atoms with Gasteiger partial charge in [-0.25, -0.2) is 4.79 Å². The Bertz CT molecular complexity index is 574. The Morgan fingerprint density at radius 2 is 1.65 bits per heavy atom. The minimum atomic E-state index is -0.193. The van der Waals surface area contributed by atoms with Crippen molar-refractivity contribution in [1.82, 2.24) is 0 Å². The molecule has 3 nitrogen and oxygen atoms in total. The normalized spacial score (nSPS) is 34.9. The van der Waals surface area contributed by atoms with Crippen molar-refractivity contribution in [1.29, 1.82) is 0 Å². The zero-order valence-electron chi connectivity index (χ0n) is 13.4. The Hall–Kier alpha value is -1.77. The molecule has 0 aromatic heterocycles. The lowest BCUT2D eigenvalue weighted by Crippen LogP contribution is -2.49. The largest absolute Gasteiger partial charge is 0.508 e. The summed E-state index contributed by atoms with van der Waals surface area (Å²) in [5, 5.41) is 9.26. The van der Waals surface area contributed by atoms with E-state index in [0.717, 1.165) is 17.4 Å². The lowest BCUT2D eigenvalue weighted by molar-refractivity contribution is -0.165. The van der Waals surface area contributed by atoms with Gasteiger partial charge in [0.1, 0.15) is 11.9 Å². The summed E-state index contributed by atoms with van der Waals surface area (Å²) >= 11 is 0. The van der Waals surface area contributed by atoms with Crippen molar-refractivity contribution < 1.29 is 14.6 Å². The Morgan fingerprint density at radius 1 is 1.04 bits per heavy atom. The summed E-state index contributed by atoms with van der Waals surface area (Å²) in [6.45, 7) is 0. The van der Waals surface area contributed by atoms with Gasteiger partial charge in [-0.3, -0.25) is 0 Å². The molecule has 4 bridgehead atoms. The molecule has 0 heterocycles. The first-order chi connectivity index (χ1) is 11.2. The van der Waals surface area contributed by atoms with Crippen LogP contribution in [-0.4, -0.2) is 17.2 Å². The third-order valence-corrected chi connectivity index (χ3v) is 5.94. The van der Waals surface area contributed by atoms with Gasteiger partial charge < -0.3 is 9.84 Å². The second kappa shape index (κ2) is 6.03. The summed E-state index contributed by atoms with van der Waals surface area (Å²) in [6, 6.07) is 7.05. The van der Waals surface area contributed by atoms with E-state index in [-0.39, 0.29) is 17.8 Å². The van der Waals surface area contributed by atoms with Crippen molar-refractivity contribution in [2.75, 3.05) is 0 Å². The molecule has 122 valence electrons. The third-order valence-electron chi connectivity index (χ3n) is 5.94. The van der Waals surface area contributed by atoms with Crippen molar-refractivity contribution in [3.63, 3.8) is 0 Å². The summed E-state index contributed by atoms with van der Waals surface area (Å²) < 4.78 is 5.82. The van der Waals surface area contributed by atoms with Crippen molar-refractivity contribution in [3.8, 4) is 5.75 Å². The molecular formula is C20H24O3. The summed E-state index contributed by atoms with van der Waals surface area (Å²) in [7, 11) is 0. The zero-order chi connectivity index (χ0) is 15.8. The van der Waals surface area contributed by atoms with Crippen LogP contribution >= 0.6 is 0 Å². The van der Waals surface area contributed by atoms with Gasteiger partial charge in [-0.1, -0.05) is 18.2 Å². The maximum absolute atomic E-state index is 12.1. The second-order valence-corrected chi connectivity index (χ2v) is 7.61. The molecular weight excluding hydrogens is 288 g/mol. The third kappa shape index (κ3) is 3.15. The number of hydrogen-bond acceptors (Lipinski definition) is 3. The molecule has 5 rings (SSSR count). The predicted octanol–water partition coefficient (Wildman–Crippen LogP) is 3.86. The highest BCUT2D eigenvalue weighted by molar-refractivity contribution is 5.82. The van der Waals surface area contributed by atoms with E-state index in [1.54, 1.807) is 18.2 Å². The van der Waals surface area contributed by atoms with E-state index in [4.69, 9.17) is 4.74 Å². The summed E-state index contributed by atoms with van der Waals surface area (Å²) in [5.74, 6) is 3.09. The molecule has 4 saturated carbocycles. The number of ether oxygens (including phenoxy) is 1. The minimum absolute atomic E-state index is 0.161. The number of phenols is 1. The lowest BCUT2D eigenvalue weighted by atomic mass is 9.55. The van der Waals surface area contributed by atoms with Crippen LogP contribution in [0.25, 0.3) is 0 Å². The molecule has 0 saturated heterocycles. The first kappa shape index (κ1) is 14.8. The number of carbonyl (C=O) groups excluding carboxylic acids is 1. The van der Waals surface area contributed by atoms with Crippen LogP contribution < -0.4 is 0 Å². The van der Waals surface area contributed by atoms with Crippen molar-refractivity contribution in [2.45, 2.75) is 44.6 Å². The van der Waals surface area contributed by atoms with Gasteiger partial charge in [-0.15, -0.1) is 0 Å². The van der Waals surface area contributed by atoms with Crippen molar-refractivity contribution >= 4 is 5.97 Å². The minimum Gasteiger partial charge on any atom is -0.508 e. The van der Waals surface area contributed by atoms with E-state index in [2.05, 4.69) is 0 Å². The monoisotopic (exact) mass is 312 g/mol. The molecule has 0 unspecified atom stereocenters. The average Bonchev–Trinajstić information content (AvgIpc) is 2.52. The van der Waals surface area contributed by atoms with Gasteiger partial charge in [0.05, 0.1) is 0 Å². The van der Waals surface area contributed by atoms with Crippen LogP contribution in [0, 0.1) is 23.7 Å². The second-order valence-electron chi connectivity index (χ2n) is 7.61. The smallest absolute Gasteiger partial charge is 0.330 e. The van der Waals surface area contributed by atoms with E-state index in [1.165, 1.54) is 32.1 Å². The van der Waals surface area contributed by atoms with E-state index in [1.807, 2.05) is 18.2 Å². The van der Waals surface area contributed by atoms with Gasteiger partial charge in [0, 0.05) is 6.08 Å². The van der Waals surface area contributed by atoms with Crippen LogP contribution in [0.2, 0.25) is 0 Å². The van der Waals surface area contributed by atoms with Crippen molar-refractivity contribution in [3.05, 3.63) is 42.0 Å². The van der Waals surface area contributed by atoms with Gasteiger partial charge >= 0.3 is 5.97 Å². The molecule has 0 radical (unpaired) electrons. The van der Waals surface area contributed by atoms with Crippen molar-refractivity contribution in [2.24, 2.45) is 23.7 Å². The molecule has 3 heteroatoms. The Kier molecular flexibility index (Phi) is 3.88. The average molecular weight is 312 g/mol. The molecule has 0 atom stereocenters. The number of esters is 1. The number of hydrogen-bond donors (Lipinski definition) is 1. The highest BCUT2D eigenvalue weighted by Crippen LogP contribution is 2.54. The molecule has 4 aliphatic carbocycles. The quantitative estimate of drug-likeness (QED) is 0.678. The zero-order valence-corrected chi connectivity index (χ0v) is 13.4. The van der Waals surface area contributed by atoms with Crippen LogP contribution in [0.4, 0.5) is 0 Å². The molecule has 1 aromatic carbocycles. The Morgan fingerprint density at radius 3 is 2.26 bits per heavy atom. The van der Waals surface area contributed by atoms with Crippen LogP contribution in [0.3, 0.4) is 0 Å². The Labute approximate surface area is 137 Å². The maximum atomic E-state index is 12.1. The molecule has 0 spiro atoms. The number of phenolic OH excluding ortho intramolecular Hbond substituents is 1. The highest BCUT2D eigenvalue weighted by Gasteiger charge is 2.49. The first-order valence-corrected chi connectivity index (χ1v) is 8.82. The number of benzene rings is 1. The summed E-state index contributed by atoms with van der Waals surface area (Å²) in [5.41, 5.74) is 1.07. The standard InChI is InChI=1S/C20H24O3/c21-18-6-4-13(5-7-18)2-1-3-19(22)23-20-16-9-14-8-15(11-16)12-17(20)10-14/h1,3-7,14-17,20-21H,2,8-12H2/b3-1+. The van der Waals surface area contributed by atoms with E-state index in [9.17, 15) is 9.90 Å². The van der Waals surface area contributed by atoms with Crippen LogP contribution in [0.5, 0.6) is 5.75 Å². The number of carbonyl (C=O) groups is 1. The van der Waals surface area contributed by atoms with E-state index in [0.29, 0.717) is 18.3 Å². The SMILES string of the molecule is O=C(/C=C/Cc1ccc(O)cc1)OC1C2CC3CC(C2)CC1C3. The first-order valence-electron chi connectivity index (χ1n) is 8.82. The van der Waals surface area contributed by atoms with Gasteiger partial charge in [-0.2, -0.15) is 0 Å². The fourth-order valence-electron chi connectivity index (χ4n) is 5.16. The van der Waals surface area contributed by atoms with Gasteiger partial charge in [-0.05, 0) is 79.9 Å². The van der Waals surface area contributed by atoms with E-state index >= 15 is 0 Å². The van der Waals surface area contributed by atoms with Crippen LogP contribution in [-0.2, 0) is 16.0 Å². The van der Waals surface area contributed by atoms with Crippen LogP contribution in [0.1, 0.15) is 37.7 Å². The molecule has 4 aliphatic rings. The predicted molar refractivity (Wildman–Crippen MR) is 87.9 cm³/mol. The molecule has 0 amide bonds. The molecule has 0 aliphatic heterocycles. The summed E-state index contributed by atoms with van der Waals surface area (Å²) in [4.78, 5) is 12.1. The van der Waals surface area contributed by atoms with Crippen LogP contribution in [0.15, 0.2) is 36.4 Å². The number of allylic oxidation sites excluding steroid dienone is 1. The van der Waals surface area contributed by atoms with Gasteiger partial charge in [0.15, 0.2) is 0 Å². The van der Waals surface area contributed by atoms with E-state index < -0.39 is 0 Å². The topological polar surface area (TPSA) is 46.5 Å². The van der Waals surface area contributed by atoms with Gasteiger partial charge in [0.2, 0.25) is 0 Å². The molecule has 23 heavy (non-hydrogen) atoms. The molecule has 4 fully saturated rings.